The number of nitrogens with zero attached hydrogens (tertiary/aromatic N) is 1. The molecule has 2 fully saturated rings. The first-order chi connectivity index (χ1) is 7.74. The molecule has 0 aromatic carbocycles. The highest BCUT2D eigenvalue weighted by Gasteiger charge is 2.23. The maximum absolute atomic E-state index is 10.6. The van der Waals surface area contributed by atoms with Crippen LogP contribution in [0.15, 0.2) is 0 Å². The van der Waals surface area contributed by atoms with Crippen LogP contribution in [0.25, 0.3) is 0 Å². The van der Waals surface area contributed by atoms with Crippen molar-refractivity contribution in [3.63, 3.8) is 0 Å². The van der Waals surface area contributed by atoms with E-state index in [1.54, 1.807) is 0 Å². The molecular formula is C12H22N2O2. The molecule has 0 amide bonds. The van der Waals surface area contributed by atoms with Crippen LogP contribution in [0.3, 0.4) is 0 Å². The third-order valence-corrected chi connectivity index (χ3v) is 3.52. The number of nitrogens with one attached hydrogen (secondary N) is 1. The molecule has 2 aliphatic rings. The summed E-state index contributed by atoms with van der Waals surface area (Å²) in [5.74, 6) is 0.872. The quantitative estimate of drug-likeness (QED) is 0.703. The molecule has 2 N–H and O–H groups in total. The van der Waals surface area contributed by atoms with Gasteiger partial charge in [-0.15, -0.1) is 0 Å². The number of hydrogen-bond acceptors (Lipinski definition) is 3. The average molecular weight is 226 g/mol. The van der Waals surface area contributed by atoms with Crippen LogP contribution in [-0.2, 0) is 4.79 Å². The van der Waals surface area contributed by atoms with Gasteiger partial charge in [0.05, 0.1) is 6.54 Å². The number of aliphatic carboxylic acids is 1. The highest BCUT2D eigenvalue weighted by molar-refractivity contribution is 5.69. The number of likely N-dealkylation sites (tertiary alicyclic amines) is 1. The second-order valence-corrected chi connectivity index (χ2v) is 5.24. The van der Waals surface area contributed by atoms with E-state index in [0.717, 1.165) is 38.5 Å². The van der Waals surface area contributed by atoms with E-state index in [1.165, 1.54) is 19.3 Å². The number of carboxylic acid groups (broad SMARTS) is 1. The number of carboxylic acids is 1. The van der Waals surface area contributed by atoms with Crippen molar-refractivity contribution >= 4 is 5.97 Å². The van der Waals surface area contributed by atoms with Crippen molar-refractivity contribution in [1.29, 1.82) is 0 Å². The molecule has 0 aromatic rings. The van der Waals surface area contributed by atoms with Crippen molar-refractivity contribution in [2.75, 3.05) is 32.7 Å². The first kappa shape index (κ1) is 11.9. The van der Waals surface area contributed by atoms with Crippen molar-refractivity contribution in [1.82, 2.24) is 10.2 Å². The number of hydrogen-bond donors (Lipinski definition) is 2. The van der Waals surface area contributed by atoms with Gasteiger partial charge in [0.15, 0.2) is 0 Å². The molecular weight excluding hydrogens is 204 g/mol. The lowest BCUT2D eigenvalue weighted by molar-refractivity contribution is -0.138. The van der Waals surface area contributed by atoms with E-state index in [9.17, 15) is 4.79 Å². The van der Waals surface area contributed by atoms with Gasteiger partial charge in [0.25, 0.3) is 0 Å². The van der Waals surface area contributed by atoms with Gasteiger partial charge in [-0.3, -0.25) is 9.69 Å². The van der Waals surface area contributed by atoms with Crippen molar-refractivity contribution in [2.45, 2.75) is 25.7 Å². The molecule has 0 aromatic heterocycles. The summed E-state index contributed by atoms with van der Waals surface area (Å²) in [5, 5.41) is 12.3. The van der Waals surface area contributed by atoms with Crippen LogP contribution in [0, 0.1) is 11.8 Å². The summed E-state index contributed by atoms with van der Waals surface area (Å²) in [5.41, 5.74) is 0. The van der Waals surface area contributed by atoms with Gasteiger partial charge in [-0.1, -0.05) is 0 Å². The number of carbonyl (C=O) groups is 1. The van der Waals surface area contributed by atoms with Crippen LogP contribution in [-0.4, -0.2) is 48.7 Å². The summed E-state index contributed by atoms with van der Waals surface area (Å²) in [4.78, 5) is 12.7. The van der Waals surface area contributed by atoms with Crippen LogP contribution in [0.5, 0.6) is 0 Å². The van der Waals surface area contributed by atoms with Crippen molar-refractivity contribution in [2.24, 2.45) is 11.8 Å². The summed E-state index contributed by atoms with van der Waals surface area (Å²) in [6.45, 7) is 4.33. The molecule has 1 heterocycles. The smallest absolute Gasteiger partial charge is 0.317 e. The van der Waals surface area contributed by atoms with Crippen molar-refractivity contribution in [3.05, 3.63) is 0 Å². The number of rotatable bonds is 6. The Balaban J connectivity index is 1.62. The maximum Gasteiger partial charge on any atom is 0.317 e. The predicted octanol–water partition coefficient (Wildman–Crippen LogP) is 0.783. The lowest BCUT2D eigenvalue weighted by atomic mass is 9.98. The van der Waals surface area contributed by atoms with E-state index in [1.807, 2.05) is 0 Å². The second-order valence-electron chi connectivity index (χ2n) is 5.24. The standard InChI is InChI=1S/C12H22N2O2/c15-12(16)9-14-5-1-2-11(8-14)7-13-6-10-3-4-10/h10-11,13H,1-9H2,(H,15,16). The Kier molecular flexibility index (Phi) is 4.18. The molecule has 1 atom stereocenters. The zero-order valence-electron chi connectivity index (χ0n) is 9.82. The highest BCUT2D eigenvalue weighted by atomic mass is 16.4. The SMILES string of the molecule is O=C(O)CN1CCCC(CNCC2CC2)C1. The Bertz CT molecular complexity index is 241. The Morgan fingerprint density at radius 2 is 2.00 bits per heavy atom. The van der Waals surface area contributed by atoms with E-state index in [-0.39, 0.29) is 6.54 Å². The maximum atomic E-state index is 10.6. The van der Waals surface area contributed by atoms with Crippen LogP contribution in [0.2, 0.25) is 0 Å². The van der Waals surface area contributed by atoms with Crippen molar-refractivity contribution < 1.29 is 9.90 Å². The lowest BCUT2D eigenvalue weighted by Gasteiger charge is -2.31. The summed E-state index contributed by atoms with van der Waals surface area (Å²) in [7, 11) is 0. The average Bonchev–Trinajstić information content (AvgIpc) is 3.01. The van der Waals surface area contributed by atoms with Crippen LogP contribution in [0.1, 0.15) is 25.7 Å². The topological polar surface area (TPSA) is 52.6 Å². The molecule has 16 heavy (non-hydrogen) atoms. The van der Waals surface area contributed by atoms with E-state index in [4.69, 9.17) is 5.11 Å². The number of piperidine rings is 1. The third-order valence-electron chi connectivity index (χ3n) is 3.52. The van der Waals surface area contributed by atoms with Gasteiger partial charge in [0.1, 0.15) is 0 Å². The molecule has 1 aliphatic heterocycles. The van der Waals surface area contributed by atoms with Gasteiger partial charge in [-0.2, -0.15) is 0 Å². The second kappa shape index (κ2) is 5.64. The Morgan fingerprint density at radius 1 is 1.25 bits per heavy atom. The minimum absolute atomic E-state index is 0.207. The minimum Gasteiger partial charge on any atom is -0.480 e. The molecule has 92 valence electrons. The van der Waals surface area contributed by atoms with Gasteiger partial charge in [-0.05, 0) is 57.2 Å². The summed E-state index contributed by atoms with van der Waals surface area (Å²) < 4.78 is 0. The zero-order chi connectivity index (χ0) is 11.4. The normalized spacial score (nSPS) is 26.9. The third kappa shape index (κ3) is 4.10. The predicted molar refractivity (Wildman–Crippen MR) is 62.4 cm³/mol. The van der Waals surface area contributed by atoms with Gasteiger partial charge >= 0.3 is 5.97 Å². The van der Waals surface area contributed by atoms with Crippen molar-refractivity contribution in [3.8, 4) is 0 Å². The minimum atomic E-state index is -0.702. The first-order valence-corrected chi connectivity index (χ1v) is 6.39. The Morgan fingerprint density at radius 3 is 2.69 bits per heavy atom. The molecule has 4 nitrogen and oxygen atoms in total. The van der Waals surface area contributed by atoms with Gasteiger partial charge in [-0.25, -0.2) is 0 Å². The molecule has 1 saturated heterocycles. The first-order valence-electron chi connectivity index (χ1n) is 6.39. The van der Waals surface area contributed by atoms with Gasteiger partial charge in [0, 0.05) is 6.54 Å². The molecule has 1 saturated carbocycles. The molecule has 0 spiro atoms. The Labute approximate surface area is 97.0 Å². The van der Waals surface area contributed by atoms with Crippen LogP contribution in [0.4, 0.5) is 0 Å². The fraction of sp³-hybridized carbons (Fsp3) is 0.917. The monoisotopic (exact) mass is 226 g/mol. The largest absolute Gasteiger partial charge is 0.480 e. The molecule has 1 unspecified atom stereocenters. The summed E-state index contributed by atoms with van der Waals surface area (Å²) in [6, 6.07) is 0. The molecule has 2 rings (SSSR count). The van der Waals surface area contributed by atoms with E-state index < -0.39 is 5.97 Å². The molecule has 0 bridgehead atoms. The molecule has 1 aliphatic carbocycles. The zero-order valence-corrected chi connectivity index (χ0v) is 9.82. The van der Waals surface area contributed by atoms with E-state index in [0.29, 0.717) is 5.92 Å². The molecule has 0 radical (unpaired) electrons. The van der Waals surface area contributed by atoms with Gasteiger partial charge in [0.2, 0.25) is 0 Å². The van der Waals surface area contributed by atoms with E-state index >= 15 is 0 Å². The van der Waals surface area contributed by atoms with Gasteiger partial charge < -0.3 is 10.4 Å². The molecule has 4 heteroatoms. The fourth-order valence-electron chi connectivity index (χ4n) is 2.47. The highest BCUT2D eigenvalue weighted by Crippen LogP contribution is 2.27. The summed E-state index contributed by atoms with van der Waals surface area (Å²) in [6.07, 6.45) is 5.17. The van der Waals surface area contributed by atoms with Crippen LogP contribution >= 0.6 is 0 Å². The fourth-order valence-corrected chi connectivity index (χ4v) is 2.47. The summed E-state index contributed by atoms with van der Waals surface area (Å²) >= 11 is 0. The lowest BCUT2D eigenvalue weighted by Crippen LogP contribution is -2.42. The van der Waals surface area contributed by atoms with E-state index in [2.05, 4.69) is 10.2 Å². The van der Waals surface area contributed by atoms with Crippen LogP contribution < -0.4 is 5.32 Å². The Hall–Kier alpha value is -0.610.